The topological polar surface area (TPSA) is 67.2 Å². The Labute approximate surface area is 173 Å². The number of carbonyl (C=O) groups excluding carboxylic acids is 2. The van der Waals surface area contributed by atoms with Crippen LogP contribution in [-0.4, -0.2) is 28.6 Å². The molecule has 158 valence electrons. The van der Waals surface area contributed by atoms with Crippen LogP contribution in [0.2, 0.25) is 0 Å². The van der Waals surface area contributed by atoms with E-state index in [2.05, 4.69) is 10.4 Å². The van der Waals surface area contributed by atoms with E-state index in [9.17, 15) is 27.2 Å². The Morgan fingerprint density at radius 2 is 1.77 bits per heavy atom. The molecule has 6 nitrogen and oxygen atoms in total. The lowest BCUT2D eigenvalue weighted by Gasteiger charge is -2.32. The Kier molecular flexibility index (Phi) is 3.83. The van der Waals surface area contributed by atoms with Crippen molar-refractivity contribution in [3.8, 4) is 5.69 Å². The van der Waals surface area contributed by atoms with Gasteiger partial charge in [0, 0.05) is 24.7 Å². The highest BCUT2D eigenvalue weighted by molar-refractivity contribution is 6.15. The SMILES string of the molecule is CN1C(=O)[C@]2(CC(=O)Nc3c2cnn3-c2ccc(C(F)(F)F)cc2)c2cc(F)ccc21. The summed E-state index contributed by atoms with van der Waals surface area (Å²) in [6, 6.07) is 8.20. The number of anilines is 2. The third-order valence-electron chi connectivity index (χ3n) is 5.80. The molecule has 0 saturated carbocycles. The van der Waals surface area contributed by atoms with Crippen molar-refractivity contribution in [1.29, 1.82) is 0 Å². The van der Waals surface area contributed by atoms with Gasteiger partial charge in [-0.2, -0.15) is 18.3 Å². The smallest absolute Gasteiger partial charge is 0.314 e. The lowest BCUT2D eigenvalue weighted by atomic mass is 9.72. The van der Waals surface area contributed by atoms with Crippen LogP contribution in [0.15, 0.2) is 48.7 Å². The number of nitrogens with zero attached hydrogens (tertiary/aromatic N) is 3. The zero-order chi connectivity index (χ0) is 22.1. The molecule has 0 radical (unpaired) electrons. The van der Waals surface area contributed by atoms with E-state index in [0.717, 1.165) is 12.1 Å². The van der Waals surface area contributed by atoms with Gasteiger partial charge in [-0.3, -0.25) is 9.59 Å². The number of fused-ring (bicyclic) bond motifs is 4. The van der Waals surface area contributed by atoms with Crippen LogP contribution in [-0.2, 0) is 21.2 Å². The molecule has 2 aliphatic heterocycles. The van der Waals surface area contributed by atoms with Crippen molar-refractivity contribution >= 4 is 23.3 Å². The van der Waals surface area contributed by atoms with E-state index in [0.29, 0.717) is 16.8 Å². The molecule has 2 aliphatic rings. The summed E-state index contributed by atoms with van der Waals surface area (Å²) in [4.78, 5) is 27.3. The predicted octanol–water partition coefficient (Wildman–Crippen LogP) is 3.63. The van der Waals surface area contributed by atoms with E-state index in [-0.39, 0.29) is 17.9 Å². The van der Waals surface area contributed by atoms with Gasteiger partial charge < -0.3 is 10.2 Å². The van der Waals surface area contributed by atoms with Crippen molar-refractivity contribution in [2.24, 2.45) is 0 Å². The van der Waals surface area contributed by atoms with Crippen LogP contribution in [0.1, 0.15) is 23.1 Å². The lowest BCUT2D eigenvalue weighted by molar-refractivity contribution is -0.137. The summed E-state index contributed by atoms with van der Waals surface area (Å²) in [6.45, 7) is 0. The second-order valence-electron chi connectivity index (χ2n) is 7.52. The molecule has 1 aromatic heterocycles. The Hall–Kier alpha value is -3.69. The van der Waals surface area contributed by atoms with E-state index in [1.54, 1.807) is 7.05 Å². The van der Waals surface area contributed by atoms with E-state index in [1.807, 2.05) is 0 Å². The summed E-state index contributed by atoms with van der Waals surface area (Å²) in [6.07, 6.45) is -3.34. The molecule has 31 heavy (non-hydrogen) atoms. The van der Waals surface area contributed by atoms with Crippen LogP contribution in [0, 0.1) is 5.82 Å². The quantitative estimate of drug-likeness (QED) is 0.600. The van der Waals surface area contributed by atoms with Crippen molar-refractivity contribution < 1.29 is 27.2 Å². The van der Waals surface area contributed by atoms with E-state index in [1.165, 1.54) is 46.1 Å². The van der Waals surface area contributed by atoms with Crippen molar-refractivity contribution in [2.45, 2.75) is 18.0 Å². The minimum atomic E-state index is -4.49. The van der Waals surface area contributed by atoms with Gasteiger partial charge in [0.25, 0.3) is 0 Å². The fourth-order valence-corrected chi connectivity index (χ4v) is 4.37. The number of benzene rings is 2. The molecule has 0 aliphatic carbocycles. The first kappa shape index (κ1) is 19.3. The van der Waals surface area contributed by atoms with Gasteiger partial charge in [0.1, 0.15) is 17.1 Å². The molecule has 1 atom stereocenters. The zero-order valence-corrected chi connectivity index (χ0v) is 16.0. The molecule has 0 fully saturated rings. The molecule has 3 aromatic rings. The first-order chi connectivity index (χ1) is 14.6. The van der Waals surface area contributed by atoms with Gasteiger partial charge in [-0.15, -0.1) is 0 Å². The van der Waals surface area contributed by atoms with E-state index in [4.69, 9.17) is 0 Å². The van der Waals surface area contributed by atoms with Gasteiger partial charge in [-0.1, -0.05) is 0 Å². The predicted molar refractivity (Wildman–Crippen MR) is 102 cm³/mol. The van der Waals surface area contributed by atoms with Gasteiger partial charge in [-0.25, -0.2) is 9.07 Å². The van der Waals surface area contributed by atoms with Crippen molar-refractivity contribution in [2.75, 3.05) is 17.3 Å². The molecule has 2 aromatic carbocycles. The molecule has 0 unspecified atom stereocenters. The molecule has 0 bridgehead atoms. The lowest BCUT2D eigenvalue weighted by Crippen LogP contribution is -2.45. The third kappa shape index (κ3) is 2.60. The van der Waals surface area contributed by atoms with Crippen LogP contribution >= 0.6 is 0 Å². The highest BCUT2D eigenvalue weighted by Gasteiger charge is 2.56. The molecule has 10 heteroatoms. The third-order valence-corrected chi connectivity index (χ3v) is 5.80. The summed E-state index contributed by atoms with van der Waals surface area (Å²) < 4.78 is 54.0. The standard InChI is InChI=1S/C21H14F4N4O2/c1-28-16-7-4-12(22)8-14(16)20(19(28)31)9-17(30)27-18-15(20)10-26-29(18)13-5-2-11(3-6-13)21(23,24)25/h2-8,10H,9H2,1H3,(H,27,30)/t20-/m1/s1. The fraction of sp³-hybridized carbons (Fsp3) is 0.190. The first-order valence-electron chi connectivity index (χ1n) is 9.27. The minimum Gasteiger partial charge on any atom is -0.314 e. The molecular formula is C21H14F4N4O2. The van der Waals surface area contributed by atoms with Crippen LogP contribution in [0.25, 0.3) is 5.69 Å². The molecule has 5 rings (SSSR count). The summed E-state index contributed by atoms with van der Waals surface area (Å²) in [5, 5.41) is 6.88. The number of halogens is 4. The maximum Gasteiger partial charge on any atom is 0.416 e. The van der Waals surface area contributed by atoms with Crippen molar-refractivity contribution in [3.05, 3.63) is 71.2 Å². The van der Waals surface area contributed by atoms with Crippen LogP contribution < -0.4 is 10.2 Å². The Morgan fingerprint density at radius 3 is 2.45 bits per heavy atom. The minimum absolute atomic E-state index is 0.162. The molecule has 1 spiro atoms. The first-order valence-corrected chi connectivity index (χ1v) is 9.27. The number of hydrogen-bond acceptors (Lipinski definition) is 3. The molecule has 3 heterocycles. The van der Waals surface area contributed by atoms with Gasteiger partial charge in [-0.05, 0) is 48.0 Å². The molecule has 0 saturated heterocycles. The molecule has 2 amide bonds. The Balaban J connectivity index is 1.70. The molecule has 1 N–H and O–H groups in total. The van der Waals surface area contributed by atoms with E-state index >= 15 is 0 Å². The number of alkyl halides is 3. The van der Waals surface area contributed by atoms with Gasteiger partial charge in [0.05, 0.1) is 17.4 Å². The second-order valence-corrected chi connectivity index (χ2v) is 7.52. The van der Waals surface area contributed by atoms with Crippen LogP contribution in [0.4, 0.5) is 29.1 Å². The molecular weight excluding hydrogens is 416 g/mol. The van der Waals surface area contributed by atoms with Gasteiger partial charge >= 0.3 is 6.18 Å². The number of amides is 2. The van der Waals surface area contributed by atoms with Gasteiger partial charge in [0.2, 0.25) is 11.8 Å². The highest BCUT2D eigenvalue weighted by Crippen LogP contribution is 2.52. The van der Waals surface area contributed by atoms with E-state index < -0.39 is 34.8 Å². The second kappa shape index (κ2) is 6.16. The number of likely N-dealkylation sites (N-methyl/N-ethyl adjacent to an activating group) is 1. The van der Waals surface area contributed by atoms with Crippen LogP contribution in [0.5, 0.6) is 0 Å². The Bertz CT molecular complexity index is 1250. The largest absolute Gasteiger partial charge is 0.416 e. The number of carbonyl (C=O) groups is 2. The zero-order valence-electron chi connectivity index (χ0n) is 16.0. The van der Waals surface area contributed by atoms with Crippen molar-refractivity contribution in [3.63, 3.8) is 0 Å². The maximum atomic E-state index is 14.1. The highest BCUT2D eigenvalue weighted by atomic mass is 19.4. The average molecular weight is 430 g/mol. The summed E-state index contributed by atoms with van der Waals surface area (Å²) in [5.74, 6) is -1.28. The average Bonchev–Trinajstić information content (AvgIpc) is 3.22. The monoisotopic (exact) mass is 430 g/mol. The van der Waals surface area contributed by atoms with Crippen molar-refractivity contribution in [1.82, 2.24) is 9.78 Å². The number of aromatic nitrogens is 2. The number of hydrogen-bond donors (Lipinski definition) is 1. The summed E-state index contributed by atoms with van der Waals surface area (Å²) >= 11 is 0. The number of nitrogens with one attached hydrogen (secondary N) is 1. The van der Waals surface area contributed by atoms with Gasteiger partial charge in [0.15, 0.2) is 0 Å². The summed E-state index contributed by atoms with van der Waals surface area (Å²) in [7, 11) is 1.54. The normalized spacial score (nSPS) is 20.1. The maximum absolute atomic E-state index is 14.1. The number of rotatable bonds is 1. The fourth-order valence-electron chi connectivity index (χ4n) is 4.37. The Morgan fingerprint density at radius 1 is 1.06 bits per heavy atom. The van der Waals surface area contributed by atoms with Crippen LogP contribution in [0.3, 0.4) is 0 Å². The summed E-state index contributed by atoms with van der Waals surface area (Å²) in [5.41, 5.74) is -0.834.